The molecule has 1 aromatic heterocycles. The fourth-order valence-corrected chi connectivity index (χ4v) is 3.14. The smallest absolute Gasteiger partial charge is 0.239 e. The van der Waals surface area contributed by atoms with Gasteiger partial charge in [-0.2, -0.15) is 0 Å². The Morgan fingerprint density at radius 1 is 1.50 bits per heavy atom. The standard InChI is InChI=1S/C14H17N3O2S/c18-14(11-9-19-8-7-15-11)16-6-5-13-17-10-3-1-2-4-12(10)20-13/h1-4,11,15H,5-9H2,(H,16,18). The molecule has 0 spiro atoms. The van der Waals surface area contributed by atoms with Crippen molar-refractivity contribution in [1.82, 2.24) is 15.6 Å². The van der Waals surface area contributed by atoms with E-state index in [0.717, 1.165) is 23.5 Å². The largest absolute Gasteiger partial charge is 0.378 e. The van der Waals surface area contributed by atoms with Gasteiger partial charge in [-0.1, -0.05) is 12.1 Å². The van der Waals surface area contributed by atoms with Gasteiger partial charge in [0.15, 0.2) is 0 Å². The third-order valence-electron chi connectivity index (χ3n) is 3.21. The van der Waals surface area contributed by atoms with E-state index >= 15 is 0 Å². The van der Waals surface area contributed by atoms with Crippen molar-refractivity contribution in [2.24, 2.45) is 0 Å². The number of para-hydroxylation sites is 1. The zero-order valence-electron chi connectivity index (χ0n) is 11.1. The highest BCUT2D eigenvalue weighted by Gasteiger charge is 2.20. The SMILES string of the molecule is O=C(NCCc1nc2ccccc2s1)C1COCCN1. The first kappa shape index (κ1) is 13.5. The molecule has 1 aromatic carbocycles. The van der Waals surface area contributed by atoms with Crippen molar-refractivity contribution >= 4 is 27.5 Å². The van der Waals surface area contributed by atoms with Gasteiger partial charge >= 0.3 is 0 Å². The summed E-state index contributed by atoms with van der Waals surface area (Å²) < 4.78 is 6.47. The second-order valence-electron chi connectivity index (χ2n) is 4.70. The van der Waals surface area contributed by atoms with Crippen LogP contribution in [0.2, 0.25) is 0 Å². The van der Waals surface area contributed by atoms with E-state index in [1.165, 1.54) is 4.70 Å². The molecule has 1 amide bonds. The molecule has 0 bridgehead atoms. The van der Waals surface area contributed by atoms with Gasteiger partial charge < -0.3 is 15.4 Å². The van der Waals surface area contributed by atoms with Gasteiger partial charge in [0.1, 0.15) is 6.04 Å². The van der Waals surface area contributed by atoms with Gasteiger partial charge in [0.05, 0.1) is 28.4 Å². The van der Waals surface area contributed by atoms with Crippen LogP contribution in [0.5, 0.6) is 0 Å². The van der Waals surface area contributed by atoms with Crippen molar-refractivity contribution < 1.29 is 9.53 Å². The number of hydrogen-bond donors (Lipinski definition) is 2. The quantitative estimate of drug-likeness (QED) is 0.880. The molecule has 0 aliphatic carbocycles. The van der Waals surface area contributed by atoms with E-state index < -0.39 is 0 Å². The van der Waals surface area contributed by atoms with Crippen molar-refractivity contribution in [3.8, 4) is 0 Å². The molecule has 2 heterocycles. The summed E-state index contributed by atoms with van der Waals surface area (Å²) in [6.07, 6.45) is 0.763. The van der Waals surface area contributed by atoms with E-state index in [9.17, 15) is 4.79 Å². The Morgan fingerprint density at radius 2 is 2.40 bits per heavy atom. The number of ether oxygens (including phenoxy) is 1. The van der Waals surface area contributed by atoms with Crippen molar-refractivity contribution in [2.45, 2.75) is 12.5 Å². The normalized spacial score (nSPS) is 19.1. The highest BCUT2D eigenvalue weighted by Crippen LogP contribution is 2.21. The number of morpholine rings is 1. The maximum Gasteiger partial charge on any atom is 0.239 e. The van der Waals surface area contributed by atoms with Gasteiger partial charge in [0.2, 0.25) is 5.91 Å². The van der Waals surface area contributed by atoms with E-state index in [1.807, 2.05) is 18.2 Å². The fourth-order valence-electron chi connectivity index (χ4n) is 2.18. The third kappa shape index (κ3) is 3.15. The number of carbonyl (C=O) groups excluding carboxylic acids is 1. The summed E-state index contributed by atoms with van der Waals surface area (Å²) in [5.74, 6) is 0.00538. The summed E-state index contributed by atoms with van der Waals surface area (Å²) in [5, 5.41) is 7.12. The summed E-state index contributed by atoms with van der Waals surface area (Å²) in [6.45, 7) is 2.47. The molecular weight excluding hydrogens is 274 g/mol. The number of rotatable bonds is 4. The predicted molar refractivity (Wildman–Crippen MR) is 78.9 cm³/mol. The summed E-state index contributed by atoms with van der Waals surface area (Å²) >= 11 is 1.68. The van der Waals surface area contributed by atoms with Crippen molar-refractivity contribution in [3.63, 3.8) is 0 Å². The molecule has 1 fully saturated rings. The molecule has 20 heavy (non-hydrogen) atoms. The van der Waals surface area contributed by atoms with Crippen LogP contribution < -0.4 is 10.6 Å². The summed E-state index contributed by atoms with van der Waals surface area (Å²) in [6, 6.07) is 7.86. The van der Waals surface area contributed by atoms with E-state index in [1.54, 1.807) is 11.3 Å². The van der Waals surface area contributed by atoms with Crippen LogP contribution in [0.4, 0.5) is 0 Å². The average molecular weight is 291 g/mol. The molecule has 0 radical (unpaired) electrons. The Morgan fingerprint density at radius 3 is 3.20 bits per heavy atom. The Hall–Kier alpha value is -1.50. The Balaban J connectivity index is 1.50. The topological polar surface area (TPSA) is 63.2 Å². The van der Waals surface area contributed by atoms with Crippen molar-refractivity contribution in [3.05, 3.63) is 29.3 Å². The molecule has 1 unspecified atom stereocenters. The number of fused-ring (bicyclic) bond motifs is 1. The summed E-state index contributed by atoms with van der Waals surface area (Å²) in [4.78, 5) is 16.4. The number of carbonyl (C=O) groups is 1. The average Bonchev–Trinajstić information content (AvgIpc) is 2.90. The van der Waals surface area contributed by atoms with Crippen molar-refractivity contribution in [1.29, 1.82) is 0 Å². The lowest BCUT2D eigenvalue weighted by Gasteiger charge is -2.22. The van der Waals surface area contributed by atoms with Gasteiger partial charge in [0, 0.05) is 19.5 Å². The van der Waals surface area contributed by atoms with Crippen LogP contribution in [-0.4, -0.2) is 43.2 Å². The van der Waals surface area contributed by atoms with Crippen LogP contribution in [0.25, 0.3) is 10.2 Å². The first-order chi connectivity index (χ1) is 9.83. The molecule has 1 atom stereocenters. The summed E-state index contributed by atoms with van der Waals surface area (Å²) in [7, 11) is 0. The number of aromatic nitrogens is 1. The maximum atomic E-state index is 11.9. The minimum atomic E-state index is -0.223. The minimum absolute atomic E-state index is 0.00538. The lowest BCUT2D eigenvalue weighted by molar-refractivity contribution is -0.125. The van der Waals surface area contributed by atoms with Gasteiger partial charge in [0.25, 0.3) is 0 Å². The molecule has 1 aliphatic rings. The second-order valence-corrected chi connectivity index (χ2v) is 5.81. The van der Waals surface area contributed by atoms with Crippen LogP contribution in [-0.2, 0) is 16.0 Å². The second kappa shape index (κ2) is 6.30. The molecule has 1 aliphatic heterocycles. The van der Waals surface area contributed by atoms with Gasteiger partial charge in [-0.25, -0.2) is 4.98 Å². The number of amides is 1. The molecule has 1 saturated heterocycles. The van der Waals surface area contributed by atoms with E-state index in [2.05, 4.69) is 21.7 Å². The summed E-state index contributed by atoms with van der Waals surface area (Å²) in [5.41, 5.74) is 1.03. The Labute approximate surface area is 121 Å². The molecule has 0 saturated carbocycles. The van der Waals surface area contributed by atoms with E-state index in [0.29, 0.717) is 19.8 Å². The molecule has 5 nitrogen and oxygen atoms in total. The molecule has 3 rings (SSSR count). The maximum absolute atomic E-state index is 11.9. The number of nitrogens with zero attached hydrogens (tertiary/aromatic N) is 1. The number of benzene rings is 1. The molecule has 106 valence electrons. The monoisotopic (exact) mass is 291 g/mol. The van der Waals surface area contributed by atoms with Gasteiger partial charge in [-0.15, -0.1) is 11.3 Å². The van der Waals surface area contributed by atoms with Crippen LogP contribution in [0, 0.1) is 0 Å². The number of hydrogen-bond acceptors (Lipinski definition) is 5. The van der Waals surface area contributed by atoms with Crippen LogP contribution >= 0.6 is 11.3 Å². The van der Waals surface area contributed by atoms with E-state index in [4.69, 9.17) is 4.74 Å². The minimum Gasteiger partial charge on any atom is -0.378 e. The highest BCUT2D eigenvalue weighted by molar-refractivity contribution is 7.18. The molecule has 2 aromatic rings. The zero-order valence-corrected chi connectivity index (χ0v) is 11.9. The number of nitrogens with one attached hydrogen (secondary N) is 2. The van der Waals surface area contributed by atoms with Crippen molar-refractivity contribution in [2.75, 3.05) is 26.3 Å². The molecule has 6 heteroatoms. The van der Waals surface area contributed by atoms with Crippen LogP contribution in [0.1, 0.15) is 5.01 Å². The van der Waals surface area contributed by atoms with Gasteiger partial charge in [-0.3, -0.25) is 4.79 Å². The lowest BCUT2D eigenvalue weighted by Crippen LogP contribution is -2.51. The van der Waals surface area contributed by atoms with E-state index in [-0.39, 0.29) is 11.9 Å². The van der Waals surface area contributed by atoms with Gasteiger partial charge in [-0.05, 0) is 12.1 Å². The molecule has 2 N–H and O–H groups in total. The zero-order chi connectivity index (χ0) is 13.8. The number of thiazole rings is 1. The molecular formula is C14H17N3O2S. The Kier molecular flexibility index (Phi) is 4.25. The predicted octanol–water partition coefficient (Wildman–Crippen LogP) is 0.943. The first-order valence-corrected chi connectivity index (χ1v) is 7.58. The van der Waals surface area contributed by atoms with Crippen LogP contribution in [0.3, 0.4) is 0 Å². The Bertz CT molecular complexity index is 560. The highest BCUT2D eigenvalue weighted by atomic mass is 32.1. The fraction of sp³-hybridized carbons (Fsp3) is 0.429. The van der Waals surface area contributed by atoms with Crippen LogP contribution in [0.15, 0.2) is 24.3 Å². The lowest BCUT2D eigenvalue weighted by atomic mass is 10.2. The first-order valence-electron chi connectivity index (χ1n) is 6.76. The third-order valence-corrected chi connectivity index (χ3v) is 4.31.